The van der Waals surface area contributed by atoms with Gasteiger partial charge in [0.1, 0.15) is 0 Å². The summed E-state index contributed by atoms with van der Waals surface area (Å²) in [5.74, 6) is -0.495. The van der Waals surface area contributed by atoms with Gasteiger partial charge in [-0.3, -0.25) is 9.36 Å². The van der Waals surface area contributed by atoms with Gasteiger partial charge in [-0.1, -0.05) is 77.0 Å². The monoisotopic (exact) mass is 615 g/mol. The zero-order valence-corrected chi connectivity index (χ0v) is 25.5. The van der Waals surface area contributed by atoms with Crippen LogP contribution in [0.15, 0.2) is 100 Å². The normalized spacial score (nSPS) is 15.3. The largest absolute Gasteiger partial charge is 0.459 e. The van der Waals surface area contributed by atoms with E-state index in [1.807, 2.05) is 54.6 Å². The van der Waals surface area contributed by atoms with Crippen molar-refractivity contribution >= 4 is 57.5 Å². The van der Waals surface area contributed by atoms with Crippen molar-refractivity contribution in [3.63, 3.8) is 0 Å². The van der Waals surface area contributed by atoms with Crippen LogP contribution in [0.2, 0.25) is 10.0 Å². The molecule has 6 rings (SSSR count). The standard InChI is InChI=1S/C33H27Cl2N3O3S/c1-19(2)41-32(40)29-20(3)36-33-38(30(29)22-10-14-25(35)15-11-22)31(39)28(42-33)16-23-18-37(27-7-5-4-6-26(23)27)17-21-8-12-24(34)13-9-21/h4-16,18-19,30H,17H2,1-3H3/b28-16+/t30-/m1/s1. The van der Waals surface area contributed by atoms with Crippen LogP contribution in [0.5, 0.6) is 0 Å². The van der Waals surface area contributed by atoms with E-state index in [0.29, 0.717) is 37.2 Å². The fraction of sp³-hybridized carbons (Fsp3) is 0.182. The third-order valence-corrected chi connectivity index (χ3v) is 8.63. The molecule has 9 heteroatoms. The second-order valence-corrected chi connectivity index (χ2v) is 12.3. The summed E-state index contributed by atoms with van der Waals surface area (Å²) >= 11 is 13.6. The minimum absolute atomic E-state index is 0.226. The van der Waals surface area contributed by atoms with Crippen molar-refractivity contribution in [2.75, 3.05) is 0 Å². The number of hydrogen-bond donors (Lipinski definition) is 0. The van der Waals surface area contributed by atoms with Gasteiger partial charge in [0.2, 0.25) is 0 Å². The maximum atomic E-state index is 14.1. The molecule has 1 aliphatic heterocycles. The Morgan fingerprint density at radius 3 is 2.38 bits per heavy atom. The van der Waals surface area contributed by atoms with Crippen molar-refractivity contribution in [1.82, 2.24) is 9.13 Å². The van der Waals surface area contributed by atoms with Crippen molar-refractivity contribution in [2.45, 2.75) is 39.5 Å². The number of hydrogen-bond acceptors (Lipinski definition) is 5. The molecule has 0 spiro atoms. The number of aromatic nitrogens is 2. The summed E-state index contributed by atoms with van der Waals surface area (Å²) in [5.41, 5.74) is 4.47. The van der Waals surface area contributed by atoms with Crippen molar-refractivity contribution in [3.8, 4) is 0 Å². The van der Waals surface area contributed by atoms with Crippen molar-refractivity contribution in [3.05, 3.63) is 137 Å². The van der Waals surface area contributed by atoms with Crippen LogP contribution in [0.25, 0.3) is 17.0 Å². The van der Waals surface area contributed by atoms with Gasteiger partial charge in [-0.25, -0.2) is 9.79 Å². The molecular formula is C33H27Cl2N3O3S. The number of rotatable bonds is 6. The quantitative estimate of drug-likeness (QED) is 0.205. The number of halogens is 2. The van der Waals surface area contributed by atoms with Crippen molar-refractivity contribution in [1.29, 1.82) is 0 Å². The second kappa shape index (κ2) is 11.4. The predicted molar refractivity (Wildman–Crippen MR) is 169 cm³/mol. The Balaban J connectivity index is 1.50. The maximum absolute atomic E-state index is 14.1. The number of allylic oxidation sites excluding steroid dienone is 1. The van der Waals surface area contributed by atoms with Crippen LogP contribution in [-0.4, -0.2) is 21.2 Å². The highest BCUT2D eigenvalue weighted by Gasteiger charge is 2.33. The Labute approximate surface area is 256 Å². The molecule has 0 N–H and O–H groups in total. The molecular weight excluding hydrogens is 589 g/mol. The van der Waals surface area contributed by atoms with Crippen molar-refractivity contribution < 1.29 is 9.53 Å². The molecule has 0 fully saturated rings. The summed E-state index contributed by atoms with van der Waals surface area (Å²) < 4.78 is 9.87. The number of para-hydroxylation sites is 1. The number of thiazole rings is 1. The fourth-order valence-electron chi connectivity index (χ4n) is 5.27. The highest BCUT2D eigenvalue weighted by atomic mass is 35.5. The number of carbonyl (C=O) groups excluding carboxylic acids is 1. The van der Waals surface area contributed by atoms with Gasteiger partial charge in [-0.15, -0.1) is 0 Å². The molecule has 0 radical (unpaired) electrons. The molecule has 212 valence electrons. The zero-order chi connectivity index (χ0) is 29.5. The van der Waals surface area contributed by atoms with Gasteiger partial charge >= 0.3 is 5.97 Å². The van der Waals surface area contributed by atoms with Gasteiger partial charge in [0.05, 0.1) is 27.9 Å². The Morgan fingerprint density at radius 1 is 1.02 bits per heavy atom. The molecule has 0 unspecified atom stereocenters. The van der Waals surface area contributed by atoms with Crippen LogP contribution in [-0.2, 0) is 16.1 Å². The fourth-order valence-corrected chi connectivity index (χ4v) is 6.56. The van der Waals surface area contributed by atoms with Crippen LogP contribution < -0.4 is 14.9 Å². The number of benzene rings is 3. The van der Waals surface area contributed by atoms with E-state index in [1.165, 1.54) is 11.3 Å². The van der Waals surface area contributed by atoms with Crippen LogP contribution in [0.1, 0.15) is 43.5 Å². The maximum Gasteiger partial charge on any atom is 0.338 e. The van der Waals surface area contributed by atoms with E-state index in [1.54, 1.807) is 37.5 Å². The van der Waals surface area contributed by atoms with E-state index in [4.69, 9.17) is 32.9 Å². The summed E-state index contributed by atoms with van der Waals surface area (Å²) in [6.07, 6.45) is 3.65. The van der Waals surface area contributed by atoms with Gasteiger partial charge in [0, 0.05) is 39.3 Å². The highest BCUT2D eigenvalue weighted by molar-refractivity contribution is 7.07. The lowest BCUT2D eigenvalue weighted by molar-refractivity contribution is -0.143. The van der Waals surface area contributed by atoms with E-state index < -0.39 is 12.0 Å². The Bertz CT molecular complexity index is 2040. The first-order valence-electron chi connectivity index (χ1n) is 13.5. The van der Waals surface area contributed by atoms with Gasteiger partial charge in [-0.2, -0.15) is 0 Å². The molecule has 0 bridgehead atoms. The first-order chi connectivity index (χ1) is 20.2. The first-order valence-corrected chi connectivity index (χ1v) is 15.1. The SMILES string of the molecule is CC1=C(C(=O)OC(C)C)[C@@H](c2ccc(Cl)cc2)n2c(s/c(=C/c3cn(Cc4ccc(Cl)cc4)c4ccccc34)c2=O)=N1. The summed E-state index contributed by atoms with van der Waals surface area (Å²) in [5, 5.41) is 2.29. The summed E-state index contributed by atoms with van der Waals surface area (Å²) in [6, 6.07) is 22.4. The summed E-state index contributed by atoms with van der Waals surface area (Å²) in [7, 11) is 0. The van der Waals surface area contributed by atoms with Gasteiger partial charge in [0.25, 0.3) is 5.56 Å². The minimum Gasteiger partial charge on any atom is -0.459 e. The molecule has 0 saturated carbocycles. The molecule has 0 amide bonds. The lowest BCUT2D eigenvalue weighted by atomic mass is 9.96. The van der Waals surface area contributed by atoms with Gasteiger partial charge in [-0.05, 0) is 68.3 Å². The number of fused-ring (bicyclic) bond motifs is 2. The van der Waals surface area contributed by atoms with Crippen LogP contribution in [0, 0.1) is 0 Å². The van der Waals surface area contributed by atoms with E-state index in [0.717, 1.165) is 27.6 Å². The minimum atomic E-state index is -0.696. The zero-order valence-electron chi connectivity index (χ0n) is 23.2. The van der Waals surface area contributed by atoms with E-state index in [2.05, 4.69) is 22.9 Å². The van der Waals surface area contributed by atoms with Gasteiger partial charge < -0.3 is 9.30 Å². The third-order valence-electron chi connectivity index (χ3n) is 7.14. The molecule has 5 aromatic rings. The number of nitrogens with zero attached hydrogens (tertiary/aromatic N) is 3. The average Bonchev–Trinajstić information content (AvgIpc) is 3.45. The smallest absolute Gasteiger partial charge is 0.338 e. The van der Waals surface area contributed by atoms with Crippen molar-refractivity contribution in [2.24, 2.45) is 4.99 Å². The third kappa shape index (κ3) is 5.36. The van der Waals surface area contributed by atoms with E-state index in [-0.39, 0.29) is 11.7 Å². The molecule has 6 nitrogen and oxygen atoms in total. The van der Waals surface area contributed by atoms with E-state index >= 15 is 0 Å². The first kappa shape index (κ1) is 28.2. The number of carbonyl (C=O) groups is 1. The topological polar surface area (TPSA) is 65.6 Å². The molecule has 1 atom stereocenters. The molecule has 3 heterocycles. The summed E-state index contributed by atoms with van der Waals surface area (Å²) in [4.78, 5) is 32.6. The number of esters is 1. The average molecular weight is 617 g/mol. The van der Waals surface area contributed by atoms with Crippen LogP contribution in [0.4, 0.5) is 0 Å². The lowest BCUT2D eigenvalue weighted by Gasteiger charge is -2.25. The van der Waals surface area contributed by atoms with E-state index in [9.17, 15) is 9.59 Å². The Kier molecular flexibility index (Phi) is 7.66. The molecule has 0 aliphatic carbocycles. The molecule has 0 saturated heterocycles. The molecule has 2 aromatic heterocycles. The van der Waals surface area contributed by atoms with Crippen LogP contribution >= 0.6 is 34.5 Å². The molecule has 3 aromatic carbocycles. The summed E-state index contributed by atoms with van der Waals surface area (Å²) in [6.45, 7) is 6.03. The predicted octanol–water partition coefficient (Wildman–Crippen LogP) is 6.50. The Hall–Kier alpha value is -3.91. The Morgan fingerprint density at radius 2 is 1.69 bits per heavy atom. The second-order valence-electron chi connectivity index (χ2n) is 10.4. The molecule has 1 aliphatic rings. The lowest BCUT2D eigenvalue weighted by Crippen LogP contribution is -2.40. The van der Waals surface area contributed by atoms with Crippen LogP contribution in [0.3, 0.4) is 0 Å². The highest BCUT2D eigenvalue weighted by Crippen LogP contribution is 2.32. The van der Waals surface area contributed by atoms with Gasteiger partial charge in [0.15, 0.2) is 4.80 Å². The molecule has 42 heavy (non-hydrogen) atoms. The number of ether oxygens (including phenoxy) is 1.